The van der Waals surface area contributed by atoms with Gasteiger partial charge in [-0.2, -0.15) is 0 Å². The maximum atomic E-state index is 12.0. The first kappa shape index (κ1) is 16.9. The lowest BCUT2D eigenvalue weighted by Crippen LogP contribution is -2.44. The number of nitrogens with zero attached hydrogens (tertiary/aromatic N) is 4. The number of nitrogens with one attached hydrogen (secondary N) is 1. The number of carbonyl (C=O) groups is 1. The fourth-order valence-corrected chi connectivity index (χ4v) is 3.53. The van der Waals surface area contributed by atoms with Gasteiger partial charge < -0.3 is 10.4 Å². The molecule has 1 atom stereocenters. The van der Waals surface area contributed by atoms with Crippen LogP contribution in [0.25, 0.3) is 10.7 Å². The first-order valence-corrected chi connectivity index (χ1v) is 8.96. The van der Waals surface area contributed by atoms with Crippen LogP contribution in [-0.4, -0.2) is 63.1 Å². The fraction of sp³-hybridized carbons (Fsp3) is 0.500. The number of carbonyl (C=O) groups excluding carboxylic acids is 1. The average molecular weight is 347 g/mol. The Labute approximate surface area is 144 Å². The Hall–Kier alpha value is -1.90. The van der Waals surface area contributed by atoms with Crippen LogP contribution in [0.1, 0.15) is 18.5 Å². The second-order valence-corrected chi connectivity index (χ2v) is 6.72. The van der Waals surface area contributed by atoms with Crippen molar-refractivity contribution >= 4 is 17.2 Å². The summed E-state index contributed by atoms with van der Waals surface area (Å²) in [6, 6.07) is 0. The van der Waals surface area contributed by atoms with E-state index in [2.05, 4.69) is 20.3 Å². The molecular weight excluding hydrogens is 326 g/mol. The van der Waals surface area contributed by atoms with Crippen molar-refractivity contribution < 1.29 is 9.90 Å². The van der Waals surface area contributed by atoms with Crippen LogP contribution >= 0.6 is 11.3 Å². The van der Waals surface area contributed by atoms with E-state index in [1.165, 1.54) is 11.3 Å². The van der Waals surface area contributed by atoms with E-state index in [0.29, 0.717) is 26.1 Å². The number of hydrogen-bond donors (Lipinski definition) is 2. The van der Waals surface area contributed by atoms with Gasteiger partial charge in [-0.15, -0.1) is 11.3 Å². The largest absolute Gasteiger partial charge is 0.392 e. The first-order valence-electron chi connectivity index (χ1n) is 8.08. The van der Waals surface area contributed by atoms with E-state index in [0.717, 1.165) is 35.8 Å². The third kappa shape index (κ3) is 4.80. The van der Waals surface area contributed by atoms with E-state index in [9.17, 15) is 9.90 Å². The second kappa shape index (κ2) is 8.27. The number of thiazole rings is 1. The Morgan fingerprint density at radius 3 is 3.17 bits per heavy atom. The minimum Gasteiger partial charge on any atom is -0.392 e. The zero-order chi connectivity index (χ0) is 16.8. The number of likely N-dealkylation sites (tertiary alicyclic amines) is 1. The van der Waals surface area contributed by atoms with Crippen LogP contribution in [0.4, 0.5) is 0 Å². The lowest BCUT2D eigenvalue weighted by molar-refractivity contribution is -0.122. The predicted molar refractivity (Wildman–Crippen MR) is 91.5 cm³/mol. The van der Waals surface area contributed by atoms with Crippen molar-refractivity contribution in [2.24, 2.45) is 0 Å². The molecule has 0 aliphatic carbocycles. The molecule has 2 N–H and O–H groups in total. The highest BCUT2D eigenvalue weighted by Gasteiger charge is 2.19. The van der Waals surface area contributed by atoms with E-state index < -0.39 is 0 Å². The minimum absolute atomic E-state index is 0.00604. The van der Waals surface area contributed by atoms with Crippen LogP contribution in [0.5, 0.6) is 0 Å². The van der Waals surface area contributed by atoms with Crippen LogP contribution < -0.4 is 5.32 Å². The molecule has 1 fully saturated rings. The summed E-state index contributed by atoms with van der Waals surface area (Å²) in [6.45, 7) is 2.36. The topological polar surface area (TPSA) is 91.2 Å². The molecule has 0 saturated carbocycles. The highest BCUT2D eigenvalue weighted by atomic mass is 32.1. The first-order chi connectivity index (χ1) is 11.7. The van der Waals surface area contributed by atoms with Crippen LogP contribution in [0.15, 0.2) is 24.0 Å². The number of aliphatic hydroxyl groups is 1. The van der Waals surface area contributed by atoms with Gasteiger partial charge in [0.25, 0.3) is 0 Å². The molecular formula is C16H21N5O2S. The summed E-state index contributed by atoms with van der Waals surface area (Å²) >= 11 is 1.53. The number of β-amino-alcohol motifs (C(OH)–C–C–N with tert-alkyl or cyclic N) is 1. The second-order valence-electron chi connectivity index (χ2n) is 5.87. The van der Waals surface area contributed by atoms with Gasteiger partial charge in [-0.05, 0) is 19.4 Å². The number of amides is 1. The molecule has 8 heteroatoms. The molecule has 0 aromatic carbocycles. The molecule has 7 nitrogen and oxygen atoms in total. The molecule has 1 amide bonds. The zero-order valence-electron chi connectivity index (χ0n) is 13.4. The van der Waals surface area contributed by atoms with Gasteiger partial charge in [0.15, 0.2) is 0 Å². The number of rotatable bonds is 6. The molecule has 3 rings (SSSR count). The van der Waals surface area contributed by atoms with Crippen molar-refractivity contribution in [3.8, 4) is 10.7 Å². The van der Waals surface area contributed by atoms with E-state index >= 15 is 0 Å². The van der Waals surface area contributed by atoms with Crippen molar-refractivity contribution in [3.63, 3.8) is 0 Å². The molecule has 0 radical (unpaired) electrons. The number of aromatic nitrogens is 3. The third-order valence-electron chi connectivity index (χ3n) is 3.89. The maximum Gasteiger partial charge on any atom is 0.234 e. The van der Waals surface area contributed by atoms with E-state index in [1.807, 2.05) is 10.3 Å². The van der Waals surface area contributed by atoms with Gasteiger partial charge in [-0.25, -0.2) is 4.98 Å². The van der Waals surface area contributed by atoms with E-state index in [1.54, 1.807) is 18.6 Å². The quantitative estimate of drug-likeness (QED) is 0.800. The molecule has 1 saturated heterocycles. The third-order valence-corrected chi connectivity index (χ3v) is 4.80. The maximum absolute atomic E-state index is 12.0. The molecule has 2 aromatic heterocycles. The number of piperidine rings is 1. The van der Waals surface area contributed by atoms with Crippen LogP contribution in [-0.2, 0) is 11.2 Å². The van der Waals surface area contributed by atoms with Gasteiger partial charge in [-0.3, -0.25) is 19.7 Å². The normalized spacial score (nSPS) is 18.5. The van der Waals surface area contributed by atoms with Crippen molar-refractivity contribution in [1.29, 1.82) is 0 Å². The van der Waals surface area contributed by atoms with Gasteiger partial charge in [0, 0.05) is 37.3 Å². The summed E-state index contributed by atoms with van der Waals surface area (Å²) in [7, 11) is 0. The minimum atomic E-state index is -0.305. The standard InChI is InChI=1S/C16H21N5O2S/c22-13-2-1-7-21(9-13)10-15(23)19-4-3-12-11-24-16(20-12)14-8-17-5-6-18-14/h5-6,8,11,13,22H,1-4,7,9-10H2,(H,19,23)/t13-/m1/s1. The Kier molecular flexibility index (Phi) is 5.84. The summed E-state index contributed by atoms with van der Waals surface area (Å²) < 4.78 is 0. The van der Waals surface area contributed by atoms with Crippen molar-refractivity contribution in [3.05, 3.63) is 29.7 Å². The molecule has 2 aromatic rings. The Balaban J connectivity index is 1.42. The van der Waals surface area contributed by atoms with Crippen LogP contribution in [0.2, 0.25) is 0 Å². The highest BCUT2D eigenvalue weighted by Crippen LogP contribution is 2.20. The van der Waals surface area contributed by atoms with E-state index in [4.69, 9.17) is 0 Å². The van der Waals surface area contributed by atoms with Gasteiger partial charge in [0.1, 0.15) is 10.7 Å². The molecule has 1 aliphatic rings. The van der Waals surface area contributed by atoms with Crippen molar-refractivity contribution in [2.75, 3.05) is 26.2 Å². The smallest absolute Gasteiger partial charge is 0.234 e. The van der Waals surface area contributed by atoms with Gasteiger partial charge >= 0.3 is 0 Å². The van der Waals surface area contributed by atoms with E-state index in [-0.39, 0.29) is 12.0 Å². The Morgan fingerprint density at radius 2 is 2.38 bits per heavy atom. The summed E-state index contributed by atoms with van der Waals surface area (Å²) in [6.07, 6.45) is 7.13. The van der Waals surface area contributed by atoms with Crippen LogP contribution in [0, 0.1) is 0 Å². The number of hydrogen-bond acceptors (Lipinski definition) is 7. The summed E-state index contributed by atoms with van der Waals surface area (Å²) in [4.78, 5) is 26.8. The molecule has 3 heterocycles. The molecule has 0 unspecified atom stereocenters. The zero-order valence-corrected chi connectivity index (χ0v) is 14.2. The van der Waals surface area contributed by atoms with Gasteiger partial charge in [0.05, 0.1) is 24.5 Å². The highest BCUT2D eigenvalue weighted by molar-refractivity contribution is 7.13. The summed E-state index contributed by atoms with van der Waals surface area (Å²) in [5.74, 6) is -0.00604. The van der Waals surface area contributed by atoms with Crippen molar-refractivity contribution in [2.45, 2.75) is 25.4 Å². The Morgan fingerprint density at radius 1 is 1.46 bits per heavy atom. The fourth-order valence-electron chi connectivity index (χ4n) is 2.71. The molecule has 24 heavy (non-hydrogen) atoms. The molecule has 0 bridgehead atoms. The SMILES string of the molecule is O=C(CN1CCC[C@@H](O)C1)NCCc1csc(-c2cnccn2)n1. The predicted octanol–water partition coefficient (Wildman–Crippen LogP) is 0.716. The lowest BCUT2D eigenvalue weighted by Gasteiger charge is -2.29. The van der Waals surface area contributed by atoms with Crippen molar-refractivity contribution in [1.82, 2.24) is 25.2 Å². The Bertz CT molecular complexity index is 663. The molecule has 128 valence electrons. The summed E-state index contributed by atoms with van der Waals surface area (Å²) in [5, 5.41) is 15.4. The monoisotopic (exact) mass is 347 g/mol. The summed E-state index contributed by atoms with van der Waals surface area (Å²) in [5.41, 5.74) is 1.70. The molecule has 1 aliphatic heterocycles. The van der Waals surface area contributed by atoms with Crippen LogP contribution in [0.3, 0.4) is 0 Å². The number of aliphatic hydroxyl groups excluding tert-OH is 1. The average Bonchev–Trinajstić information content (AvgIpc) is 3.04. The lowest BCUT2D eigenvalue weighted by atomic mass is 10.1. The molecule has 0 spiro atoms. The van der Waals surface area contributed by atoms with Gasteiger partial charge in [-0.1, -0.05) is 0 Å². The van der Waals surface area contributed by atoms with Gasteiger partial charge in [0.2, 0.25) is 5.91 Å².